The third kappa shape index (κ3) is 2.23. The van der Waals surface area contributed by atoms with Gasteiger partial charge in [0, 0.05) is 16.5 Å². The number of fused-ring (bicyclic) bond motifs is 1. The molecule has 0 atom stereocenters. The monoisotopic (exact) mass is 353 g/mol. The minimum absolute atomic E-state index is 0.234. The molecule has 2 heterocycles. The van der Waals surface area contributed by atoms with Crippen molar-refractivity contribution in [2.75, 3.05) is 0 Å². The fourth-order valence-corrected chi connectivity index (χ4v) is 2.62. The highest BCUT2D eigenvalue weighted by atomic mass is 79.9. The normalized spacial score (nSPS) is 11.2. The summed E-state index contributed by atoms with van der Waals surface area (Å²) in [5.41, 5.74) is 1.03. The van der Waals surface area contributed by atoms with Crippen LogP contribution < -0.4 is 5.56 Å². The Kier molecular flexibility index (Phi) is 3.31. The van der Waals surface area contributed by atoms with Gasteiger partial charge in [-0.2, -0.15) is 5.10 Å². The standard InChI is InChI=1S/C12H9BrClN5O/c1-18-11-9(5-15-18)12(20)19(17-16-11)6-7-2-3-8(13)4-10(7)14/h2-5H,6H2,1H3. The van der Waals surface area contributed by atoms with E-state index in [0.717, 1.165) is 10.0 Å². The number of hydrogen-bond donors (Lipinski definition) is 0. The molecule has 0 saturated carbocycles. The molecule has 3 aromatic rings. The molecule has 0 aliphatic heterocycles. The highest BCUT2D eigenvalue weighted by Crippen LogP contribution is 2.21. The maximum atomic E-state index is 12.3. The molecule has 0 spiro atoms. The van der Waals surface area contributed by atoms with Crippen molar-refractivity contribution in [3.8, 4) is 0 Å². The number of benzene rings is 1. The van der Waals surface area contributed by atoms with Crippen molar-refractivity contribution >= 4 is 38.6 Å². The average Bonchev–Trinajstić information content (AvgIpc) is 2.78. The van der Waals surface area contributed by atoms with Gasteiger partial charge in [-0.15, -0.1) is 5.10 Å². The van der Waals surface area contributed by atoms with Gasteiger partial charge >= 0.3 is 0 Å². The Bertz CT molecular complexity index is 857. The molecule has 3 rings (SSSR count). The van der Waals surface area contributed by atoms with Crippen LogP contribution in [0.4, 0.5) is 0 Å². The number of nitrogens with zero attached hydrogens (tertiary/aromatic N) is 5. The molecule has 1 aromatic carbocycles. The number of aryl methyl sites for hydroxylation is 1. The van der Waals surface area contributed by atoms with Gasteiger partial charge in [-0.05, 0) is 17.7 Å². The molecular weight excluding hydrogens is 346 g/mol. The summed E-state index contributed by atoms with van der Waals surface area (Å²) in [6.45, 7) is 0.267. The minimum atomic E-state index is -0.234. The molecule has 0 radical (unpaired) electrons. The van der Waals surface area contributed by atoms with E-state index in [4.69, 9.17) is 11.6 Å². The quantitative estimate of drug-likeness (QED) is 0.706. The molecule has 6 nitrogen and oxygen atoms in total. The van der Waals surface area contributed by atoms with Crippen LogP contribution in [0.1, 0.15) is 5.56 Å². The summed E-state index contributed by atoms with van der Waals surface area (Å²) in [6, 6.07) is 5.48. The molecule has 0 aliphatic carbocycles. The van der Waals surface area contributed by atoms with E-state index in [0.29, 0.717) is 16.1 Å². The molecule has 0 fully saturated rings. The molecular formula is C12H9BrClN5O. The molecule has 20 heavy (non-hydrogen) atoms. The molecule has 2 aromatic heterocycles. The Balaban J connectivity index is 2.07. The SMILES string of the molecule is Cn1ncc2c(=O)n(Cc3ccc(Br)cc3Cl)nnc21. The fraction of sp³-hybridized carbons (Fsp3) is 0.167. The van der Waals surface area contributed by atoms with Gasteiger partial charge in [-0.1, -0.05) is 38.8 Å². The van der Waals surface area contributed by atoms with Gasteiger partial charge in [0.05, 0.1) is 12.7 Å². The maximum Gasteiger partial charge on any atom is 0.281 e. The van der Waals surface area contributed by atoms with Gasteiger partial charge in [-0.25, -0.2) is 9.36 Å². The van der Waals surface area contributed by atoms with Crippen LogP contribution in [-0.2, 0) is 13.6 Å². The van der Waals surface area contributed by atoms with Gasteiger partial charge in [0.2, 0.25) is 0 Å². The fourth-order valence-electron chi connectivity index (χ4n) is 1.89. The zero-order valence-corrected chi connectivity index (χ0v) is 12.8. The van der Waals surface area contributed by atoms with Crippen molar-refractivity contribution in [3.63, 3.8) is 0 Å². The summed E-state index contributed by atoms with van der Waals surface area (Å²) in [6.07, 6.45) is 1.49. The van der Waals surface area contributed by atoms with Crippen LogP contribution in [0, 0.1) is 0 Å². The summed E-state index contributed by atoms with van der Waals surface area (Å²) in [4.78, 5) is 12.3. The molecule has 8 heteroatoms. The van der Waals surface area contributed by atoms with Gasteiger partial charge in [-0.3, -0.25) is 4.79 Å². The van der Waals surface area contributed by atoms with E-state index in [9.17, 15) is 4.79 Å². The predicted molar refractivity (Wildman–Crippen MR) is 78.8 cm³/mol. The summed E-state index contributed by atoms with van der Waals surface area (Å²) in [5, 5.41) is 12.9. The topological polar surface area (TPSA) is 65.6 Å². The molecule has 0 aliphatic rings. The maximum absolute atomic E-state index is 12.3. The summed E-state index contributed by atoms with van der Waals surface area (Å²) < 4.78 is 3.67. The number of aromatic nitrogens is 5. The van der Waals surface area contributed by atoms with Gasteiger partial charge < -0.3 is 0 Å². The predicted octanol–water partition coefficient (Wildman–Crippen LogP) is 1.99. The Morgan fingerprint density at radius 2 is 2.20 bits per heavy atom. The van der Waals surface area contributed by atoms with Crippen molar-refractivity contribution in [1.29, 1.82) is 0 Å². The Morgan fingerprint density at radius 1 is 1.40 bits per heavy atom. The molecule has 0 saturated heterocycles. The first-order valence-electron chi connectivity index (χ1n) is 5.75. The first-order valence-corrected chi connectivity index (χ1v) is 6.93. The highest BCUT2D eigenvalue weighted by Gasteiger charge is 2.11. The second kappa shape index (κ2) is 4.99. The van der Waals surface area contributed by atoms with Gasteiger partial charge in [0.25, 0.3) is 5.56 Å². The Labute approximate surface area is 127 Å². The van der Waals surface area contributed by atoms with Crippen molar-refractivity contribution in [2.24, 2.45) is 7.05 Å². The second-order valence-electron chi connectivity index (χ2n) is 4.29. The van der Waals surface area contributed by atoms with Crippen molar-refractivity contribution in [3.05, 3.63) is 49.8 Å². The molecule has 0 unspecified atom stereocenters. The van der Waals surface area contributed by atoms with E-state index in [-0.39, 0.29) is 12.1 Å². The number of rotatable bonds is 2. The van der Waals surface area contributed by atoms with Crippen molar-refractivity contribution in [1.82, 2.24) is 24.8 Å². The molecule has 0 N–H and O–H groups in total. The third-order valence-electron chi connectivity index (χ3n) is 2.95. The van der Waals surface area contributed by atoms with Crippen molar-refractivity contribution < 1.29 is 0 Å². The molecule has 0 bridgehead atoms. The first kappa shape index (κ1) is 13.3. The molecule has 0 amide bonds. The van der Waals surface area contributed by atoms with Crippen LogP contribution in [0.2, 0.25) is 5.02 Å². The van der Waals surface area contributed by atoms with Crippen LogP contribution in [0.15, 0.2) is 33.7 Å². The summed E-state index contributed by atoms with van der Waals surface area (Å²) >= 11 is 9.48. The van der Waals surface area contributed by atoms with E-state index < -0.39 is 0 Å². The lowest BCUT2D eigenvalue weighted by atomic mass is 10.2. The van der Waals surface area contributed by atoms with Crippen molar-refractivity contribution in [2.45, 2.75) is 6.54 Å². The van der Waals surface area contributed by atoms with E-state index >= 15 is 0 Å². The van der Waals surface area contributed by atoms with E-state index in [1.165, 1.54) is 15.6 Å². The van der Waals surface area contributed by atoms with Gasteiger partial charge in [0.15, 0.2) is 5.65 Å². The van der Waals surface area contributed by atoms with Crippen LogP contribution in [-0.4, -0.2) is 24.8 Å². The highest BCUT2D eigenvalue weighted by molar-refractivity contribution is 9.10. The number of hydrogen-bond acceptors (Lipinski definition) is 4. The van der Waals surface area contributed by atoms with Gasteiger partial charge in [0.1, 0.15) is 5.39 Å². The minimum Gasteiger partial charge on any atom is -0.267 e. The van der Waals surface area contributed by atoms with Crippen LogP contribution in [0.5, 0.6) is 0 Å². The summed E-state index contributed by atoms with van der Waals surface area (Å²) in [7, 11) is 1.71. The van der Waals surface area contributed by atoms with Crippen LogP contribution in [0.3, 0.4) is 0 Å². The van der Waals surface area contributed by atoms with E-state index in [2.05, 4.69) is 31.3 Å². The molecule has 102 valence electrons. The van der Waals surface area contributed by atoms with Crippen LogP contribution >= 0.6 is 27.5 Å². The van der Waals surface area contributed by atoms with Crippen LogP contribution in [0.25, 0.3) is 11.0 Å². The van der Waals surface area contributed by atoms with E-state index in [1.54, 1.807) is 13.1 Å². The zero-order chi connectivity index (χ0) is 14.3. The smallest absolute Gasteiger partial charge is 0.267 e. The average molecular weight is 355 g/mol. The second-order valence-corrected chi connectivity index (χ2v) is 5.62. The lowest BCUT2D eigenvalue weighted by Crippen LogP contribution is -2.24. The largest absolute Gasteiger partial charge is 0.281 e. The zero-order valence-electron chi connectivity index (χ0n) is 10.4. The van der Waals surface area contributed by atoms with E-state index in [1.807, 2.05) is 12.1 Å². The lowest BCUT2D eigenvalue weighted by molar-refractivity contribution is 0.595. The number of halogens is 2. The lowest BCUT2D eigenvalue weighted by Gasteiger charge is -2.06. The Morgan fingerprint density at radius 3 is 2.95 bits per heavy atom. The Hall–Kier alpha value is -1.73. The summed E-state index contributed by atoms with van der Waals surface area (Å²) in [5.74, 6) is 0. The first-order chi connectivity index (χ1) is 9.56. The third-order valence-corrected chi connectivity index (χ3v) is 3.80.